The summed E-state index contributed by atoms with van der Waals surface area (Å²) in [6, 6.07) is 7.49. The molecule has 2 aromatic heterocycles. The molecule has 0 fully saturated rings. The number of aryl methyl sites for hydroxylation is 2. The Morgan fingerprint density at radius 3 is 2.67 bits per heavy atom. The molecule has 0 atom stereocenters. The molecule has 1 aliphatic heterocycles. The SMILES string of the molecule is Cc1cc(C(=O)N2CCc3c(nc(-c4ccc(F)cc4)[nH]c3=O)C2)nn1C. The third-order valence-electron chi connectivity index (χ3n) is 4.81. The minimum absolute atomic E-state index is 0.185. The van der Waals surface area contributed by atoms with Crippen molar-refractivity contribution in [3.8, 4) is 11.4 Å². The van der Waals surface area contributed by atoms with Gasteiger partial charge in [0.05, 0.1) is 12.2 Å². The normalized spacial score (nSPS) is 13.5. The molecule has 7 nitrogen and oxygen atoms in total. The van der Waals surface area contributed by atoms with Gasteiger partial charge in [-0.05, 0) is 43.7 Å². The summed E-state index contributed by atoms with van der Waals surface area (Å²) >= 11 is 0. The predicted molar refractivity (Wildman–Crippen MR) is 96.6 cm³/mol. The Bertz CT molecular complexity index is 1060. The van der Waals surface area contributed by atoms with Gasteiger partial charge < -0.3 is 9.88 Å². The number of rotatable bonds is 2. The van der Waals surface area contributed by atoms with Crippen LogP contribution < -0.4 is 5.56 Å². The van der Waals surface area contributed by atoms with E-state index in [2.05, 4.69) is 15.1 Å². The van der Waals surface area contributed by atoms with Crippen LogP contribution in [0.1, 0.15) is 27.4 Å². The minimum atomic E-state index is -0.360. The fourth-order valence-electron chi connectivity index (χ4n) is 3.18. The molecule has 0 spiro atoms. The highest BCUT2D eigenvalue weighted by Crippen LogP contribution is 2.20. The van der Waals surface area contributed by atoms with Crippen LogP contribution in [0.3, 0.4) is 0 Å². The van der Waals surface area contributed by atoms with E-state index in [1.54, 1.807) is 34.8 Å². The second kappa shape index (κ2) is 6.46. The van der Waals surface area contributed by atoms with Gasteiger partial charge in [-0.3, -0.25) is 14.3 Å². The summed E-state index contributed by atoms with van der Waals surface area (Å²) in [7, 11) is 1.79. The number of amides is 1. The van der Waals surface area contributed by atoms with Gasteiger partial charge in [0.25, 0.3) is 11.5 Å². The van der Waals surface area contributed by atoms with Gasteiger partial charge in [0.1, 0.15) is 11.6 Å². The Morgan fingerprint density at radius 1 is 1.26 bits per heavy atom. The number of aromatic nitrogens is 4. The maximum atomic E-state index is 13.1. The molecule has 0 saturated heterocycles. The smallest absolute Gasteiger partial charge is 0.274 e. The van der Waals surface area contributed by atoms with E-state index in [4.69, 9.17) is 0 Å². The van der Waals surface area contributed by atoms with E-state index in [1.165, 1.54) is 12.1 Å². The molecular weight excluding hydrogens is 349 g/mol. The number of nitrogens with zero attached hydrogens (tertiary/aromatic N) is 4. The number of hydrogen-bond acceptors (Lipinski definition) is 4. The third-order valence-corrected chi connectivity index (χ3v) is 4.81. The lowest BCUT2D eigenvalue weighted by molar-refractivity contribution is 0.0724. The molecule has 0 radical (unpaired) electrons. The summed E-state index contributed by atoms with van der Waals surface area (Å²) in [5, 5.41) is 4.23. The van der Waals surface area contributed by atoms with Crippen LogP contribution >= 0.6 is 0 Å². The van der Waals surface area contributed by atoms with Gasteiger partial charge in [0.2, 0.25) is 0 Å². The molecule has 3 aromatic rings. The Labute approximate surface area is 154 Å². The van der Waals surface area contributed by atoms with E-state index in [1.807, 2.05) is 6.92 Å². The first kappa shape index (κ1) is 17.1. The number of carbonyl (C=O) groups excluding carboxylic acids is 1. The second-order valence-corrected chi connectivity index (χ2v) is 6.62. The monoisotopic (exact) mass is 367 g/mol. The molecule has 1 aliphatic rings. The van der Waals surface area contributed by atoms with E-state index in [0.717, 1.165) is 5.69 Å². The van der Waals surface area contributed by atoms with Crippen molar-refractivity contribution in [3.05, 3.63) is 69.1 Å². The number of hydrogen-bond donors (Lipinski definition) is 1. The van der Waals surface area contributed by atoms with Crippen molar-refractivity contribution < 1.29 is 9.18 Å². The topological polar surface area (TPSA) is 83.9 Å². The van der Waals surface area contributed by atoms with Crippen LogP contribution in [0.15, 0.2) is 35.1 Å². The standard InChI is InChI=1S/C19H18FN5O2/c1-11-9-15(23-24(11)2)19(27)25-8-7-14-16(10-25)21-17(22-18(14)26)12-3-5-13(20)6-4-12/h3-6,9H,7-8,10H2,1-2H3,(H,21,22,26). The van der Waals surface area contributed by atoms with Gasteiger partial charge in [-0.15, -0.1) is 0 Å². The van der Waals surface area contributed by atoms with Gasteiger partial charge in [0.15, 0.2) is 5.69 Å². The zero-order valence-electron chi connectivity index (χ0n) is 15.0. The van der Waals surface area contributed by atoms with E-state index >= 15 is 0 Å². The molecule has 1 amide bonds. The number of benzene rings is 1. The van der Waals surface area contributed by atoms with Crippen LogP contribution in [0.2, 0.25) is 0 Å². The fraction of sp³-hybridized carbons (Fsp3) is 0.263. The van der Waals surface area contributed by atoms with Crippen molar-refractivity contribution in [1.82, 2.24) is 24.6 Å². The van der Waals surface area contributed by atoms with Crippen molar-refractivity contribution in [2.45, 2.75) is 19.9 Å². The molecule has 0 saturated carbocycles. The number of carbonyl (C=O) groups is 1. The molecule has 27 heavy (non-hydrogen) atoms. The van der Waals surface area contributed by atoms with Crippen LogP contribution in [0.25, 0.3) is 11.4 Å². The van der Waals surface area contributed by atoms with Crippen molar-refractivity contribution >= 4 is 5.91 Å². The minimum Gasteiger partial charge on any atom is -0.331 e. The van der Waals surface area contributed by atoms with Crippen LogP contribution in [-0.4, -0.2) is 37.1 Å². The summed E-state index contributed by atoms with van der Waals surface area (Å²) in [4.78, 5) is 34.1. The molecule has 0 aliphatic carbocycles. The molecule has 8 heteroatoms. The number of nitrogens with one attached hydrogen (secondary N) is 1. The zero-order chi connectivity index (χ0) is 19.1. The molecule has 4 rings (SSSR count). The molecular formula is C19H18FN5O2. The van der Waals surface area contributed by atoms with Gasteiger partial charge >= 0.3 is 0 Å². The summed E-state index contributed by atoms with van der Waals surface area (Å²) in [6.07, 6.45) is 0.429. The average Bonchev–Trinajstić information content (AvgIpc) is 3.00. The summed E-state index contributed by atoms with van der Waals surface area (Å²) in [5.74, 6) is -0.182. The van der Waals surface area contributed by atoms with E-state index in [0.29, 0.717) is 41.3 Å². The summed E-state index contributed by atoms with van der Waals surface area (Å²) in [6.45, 7) is 2.55. The highest BCUT2D eigenvalue weighted by atomic mass is 19.1. The molecule has 0 unspecified atom stereocenters. The Morgan fingerprint density at radius 2 is 2.00 bits per heavy atom. The van der Waals surface area contributed by atoms with Crippen molar-refractivity contribution in [3.63, 3.8) is 0 Å². The number of fused-ring (bicyclic) bond motifs is 1. The van der Waals surface area contributed by atoms with E-state index in [-0.39, 0.29) is 23.8 Å². The number of aromatic amines is 1. The van der Waals surface area contributed by atoms with Crippen LogP contribution in [0, 0.1) is 12.7 Å². The zero-order valence-corrected chi connectivity index (χ0v) is 15.0. The first-order chi connectivity index (χ1) is 12.9. The molecule has 1 aromatic carbocycles. The molecule has 138 valence electrons. The van der Waals surface area contributed by atoms with Crippen LogP contribution in [0.5, 0.6) is 0 Å². The summed E-state index contributed by atoms with van der Waals surface area (Å²) in [5.41, 5.74) is 2.80. The molecule has 1 N–H and O–H groups in total. The highest BCUT2D eigenvalue weighted by Gasteiger charge is 2.26. The van der Waals surface area contributed by atoms with Gasteiger partial charge in [-0.2, -0.15) is 5.10 Å². The average molecular weight is 367 g/mol. The van der Waals surface area contributed by atoms with Crippen molar-refractivity contribution in [1.29, 1.82) is 0 Å². The van der Waals surface area contributed by atoms with E-state index < -0.39 is 0 Å². The Hall–Kier alpha value is -3.29. The van der Waals surface area contributed by atoms with Crippen LogP contribution in [-0.2, 0) is 20.0 Å². The maximum absolute atomic E-state index is 13.1. The second-order valence-electron chi connectivity index (χ2n) is 6.62. The largest absolute Gasteiger partial charge is 0.331 e. The first-order valence-corrected chi connectivity index (χ1v) is 8.60. The highest BCUT2D eigenvalue weighted by molar-refractivity contribution is 5.92. The summed E-state index contributed by atoms with van der Waals surface area (Å²) < 4.78 is 14.8. The van der Waals surface area contributed by atoms with Crippen molar-refractivity contribution in [2.24, 2.45) is 7.05 Å². The third kappa shape index (κ3) is 3.14. The predicted octanol–water partition coefficient (Wildman–Crippen LogP) is 1.82. The maximum Gasteiger partial charge on any atom is 0.274 e. The first-order valence-electron chi connectivity index (χ1n) is 8.60. The lowest BCUT2D eigenvalue weighted by atomic mass is 10.1. The lowest BCUT2D eigenvalue weighted by Crippen LogP contribution is -2.39. The number of H-pyrrole nitrogens is 1. The Balaban J connectivity index is 1.66. The quantitative estimate of drug-likeness (QED) is 0.749. The van der Waals surface area contributed by atoms with Gasteiger partial charge in [-0.25, -0.2) is 9.37 Å². The number of halogens is 1. The molecule has 0 bridgehead atoms. The van der Waals surface area contributed by atoms with Gasteiger partial charge in [-0.1, -0.05) is 0 Å². The van der Waals surface area contributed by atoms with Crippen molar-refractivity contribution in [2.75, 3.05) is 6.54 Å². The Kier molecular flexibility index (Phi) is 4.10. The lowest BCUT2D eigenvalue weighted by Gasteiger charge is -2.27. The van der Waals surface area contributed by atoms with E-state index in [9.17, 15) is 14.0 Å². The van der Waals surface area contributed by atoms with Crippen LogP contribution in [0.4, 0.5) is 4.39 Å². The van der Waals surface area contributed by atoms with Gasteiger partial charge in [0, 0.05) is 30.4 Å². The fourth-order valence-corrected chi connectivity index (χ4v) is 3.18. The molecule has 3 heterocycles.